The van der Waals surface area contributed by atoms with Gasteiger partial charge in [-0.1, -0.05) is 27.7 Å². The predicted molar refractivity (Wildman–Crippen MR) is 55.2 cm³/mol. The van der Waals surface area contributed by atoms with Gasteiger partial charge in [-0.15, -0.1) is 0 Å². The lowest BCUT2D eigenvalue weighted by molar-refractivity contribution is -0.125. The molecule has 0 radical (unpaired) electrons. The quantitative estimate of drug-likeness (QED) is 0.672. The van der Waals surface area contributed by atoms with E-state index in [1.807, 2.05) is 13.8 Å². The number of nitrogens with one attached hydrogen (secondary N) is 1. The molecule has 0 aliphatic carbocycles. The molecule has 78 valence electrons. The van der Waals surface area contributed by atoms with Crippen molar-refractivity contribution in [3.63, 3.8) is 0 Å². The van der Waals surface area contributed by atoms with Crippen LogP contribution in [-0.4, -0.2) is 19.0 Å². The summed E-state index contributed by atoms with van der Waals surface area (Å²) >= 11 is 0. The zero-order chi connectivity index (χ0) is 10.4. The highest BCUT2D eigenvalue weighted by Gasteiger charge is 2.16. The van der Waals surface area contributed by atoms with E-state index < -0.39 is 0 Å². The largest absolute Gasteiger partial charge is 0.356 e. The smallest absolute Gasteiger partial charge is 0.223 e. The van der Waals surface area contributed by atoms with Crippen LogP contribution in [0.5, 0.6) is 0 Å². The SMILES string of the molecule is CC(CN)CNC(=O)C(C)C(C)C. The lowest BCUT2D eigenvalue weighted by atomic mass is 9.97. The highest BCUT2D eigenvalue weighted by molar-refractivity contribution is 5.78. The van der Waals surface area contributed by atoms with Crippen LogP contribution >= 0.6 is 0 Å². The molecule has 3 heteroatoms. The average Bonchev–Trinajstić information content (AvgIpc) is 2.11. The van der Waals surface area contributed by atoms with Gasteiger partial charge in [0, 0.05) is 12.5 Å². The summed E-state index contributed by atoms with van der Waals surface area (Å²) < 4.78 is 0. The van der Waals surface area contributed by atoms with Crippen LogP contribution in [0.15, 0.2) is 0 Å². The third-order valence-electron chi connectivity index (χ3n) is 2.44. The minimum atomic E-state index is 0.0879. The molecule has 2 atom stereocenters. The molecule has 1 amide bonds. The highest BCUT2D eigenvalue weighted by Crippen LogP contribution is 2.09. The van der Waals surface area contributed by atoms with Crippen molar-refractivity contribution >= 4 is 5.91 Å². The van der Waals surface area contributed by atoms with Gasteiger partial charge in [-0.2, -0.15) is 0 Å². The van der Waals surface area contributed by atoms with Crippen molar-refractivity contribution in [1.29, 1.82) is 0 Å². The number of rotatable bonds is 5. The van der Waals surface area contributed by atoms with Gasteiger partial charge in [-0.05, 0) is 18.4 Å². The van der Waals surface area contributed by atoms with Crippen molar-refractivity contribution in [2.45, 2.75) is 27.7 Å². The summed E-state index contributed by atoms with van der Waals surface area (Å²) in [7, 11) is 0. The number of hydrogen-bond donors (Lipinski definition) is 2. The molecule has 0 bridgehead atoms. The summed E-state index contributed by atoms with van der Waals surface area (Å²) in [4.78, 5) is 11.5. The molecule has 0 fully saturated rings. The normalized spacial score (nSPS) is 15.5. The molecule has 13 heavy (non-hydrogen) atoms. The van der Waals surface area contributed by atoms with Crippen LogP contribution in [0.1, 0.15) is 27.7 Å². The first-order valence-corrected chi connectivity index (χ1v) is 4.96. The Morgan fingerprint density at radius 1 is 1.31 bits per heavy atom. The van der Waals surface area contributed by atoms with Crippen molar-refractivity contribution in [1.82, 2.24) is 5.32 Å². The molecule has 2 unspecified atom stereocenters. The van der Waals surface area contributed by atoms with E-state index in [1.54, 1.807) is 0 Å². The van der Waals surface area contributed by atoms with Crippen LogP contribution in [0, 0.1) is 17.8 Å². The van der Waals surface area contributed by atoms with Crippen LogP contribution in [0.3, 0.4) is 0 Å². The molecule has 0 aliphatic rings. The third kappa shape index (κ3) is 4.88. The third-order valence-corrected chi connectivity index (χ3v) is 2.44. The maximum absolute atomic E-state index is 11.5. The topological polar surface area (TPSA) is 55.1 Å². The van der Waals surface area contributed by atoms with Gasteiger partial charge in [-0.25, -0.2) is 0 Å². The molecule has 3 nitrogen and oxygen atoms in total. The Bertz CT molecular complexity index is 157. The summed E-state index contributed by atoms with van der Waals surface area (Å²) in [6, 6.07) is 0. The first kappa shape index (κ1) is 12.4. The fraction of sp³-hybridized carbons (Fsp3) is 0.900. The molecule has 0 spiro atoms. The average molecular weight is 186 g/mol. The molecular formula is C10H22N2O. The Labute approximate surface area is 81.1 Å². The molecular weight excluding hydrogens is 164 g/mol. The minimum Gasteiger partial charge on any atom is -0.356 e. The van der Waals surface area contributed by atoms with Crippen LogP contribution < -0.4 is 11.1 Å². The first-order valence-electron chi connectivity index (χ1n) is 4.96. The summed E-state index contributed by atoms with van der Waals surface area (Å²) in [5.41, 5.74) is 5.44. The second-order valence-electron chi connectivity index (χ2n) is 4.12. The Kier molecular flexibility index (Phi) is 5.71. The number of carbonyl (C=O) groups excluding carboxylic acids is 1. The van der Waals surface area contributed by atoms with Gasteiger partial charge in [0.15, 0.2) is 0 Å². The molecule has 0 aromatic carbocycles. The van der Waals surface area contributed by atoms with Crippen LogP contribution in [0.4, 0.5) is 0 Å². The number of amides is 1. The Hall–Kier alpha value is -0.570. The first-order chi connectivity index (χ1) is 5.99. The zero-order valence-corrected chi connectivity index (χ0v) is 9.13. The van der Waals surface area contributed by atoms with Gasteiger partial charge >= 0.3 is 0 Å². The van der Waals surface area contributed by atoms with E-state index in [0.29, 0.717) is 24.9 Å². The molecule has 0 saturated carbocycles. The molecule has 0 saturated heterocycles. The van der Waals surface area contributed by atoms with Crippen molar-refractivity contribution in [3.05, 3.63) is 0 Å². The monoisotopic (exact) mass is 186 g/mol. The van der Waals surface area contributed by atoms with E-state index in [0.717, 1.165) is 0 Å². The minimum absolute atomic E-state index is 0.0879. The summed E-state index contributed by atoms with van der Waals surface area (Å²) in [5, 5.41) is 2.90. The second-order valence-corrected chi connectivity index (χ2v) is 4.12. The van der Waals surface area contributed by atoms with E-state index in [9.17, 15) is 4.79 Å². The number of nitrogens with two attached hydrogens (primary N) is 1. The standard InChI is InChI=1S/C10H22N2O/c1-7(2)9(4)10(13)12-6-8(3)5-11/h7-9H,5-6,11H2,1-4H3,(H,12,13). The Balaban J connectivity index is 3.74. The summed E-state index contributed by atoms with van der Waals surface area (Å²) in [6.45, 7) is 9.39. The van der Waals surface area contributed by atoms with Crippen molar-refractivity contribution in [2.75, 3.05) is 13.1 Å². The van der Waals surface area contributed by atoms with Gasteiger partial charge in [0.2, 0.25) is 5.91 Å². The van der Waals surface area contributed by atoms with Gasteiger partial charge in [0.1, 0.15) is 0 Å². The Morgan fingerprint density at radius 2 is 1.85 bits per heavy atom. The summed E-state index contributed by atoms with van der Waals surface area (Å²) in [5.74, 6) is 0.983. The van der Waals surface area contributed by atoms with Gasteiger partial charge in [0.25, 0.3) is 0 Å². The van der Waals surface area contributed by atoms with Crippen LogP contribution in [0.2, 0.25) is 0 Å². The van der Waals surface area contributed by atoms with Crippen LogP contribution in [0.25, 0.3) is 0 Å². The molecule has 0 heterocycles. The van der Waals surface area contributed by atoms with Crippen molar-refractivity contribution in [3.8, 4) is 0 Å². The van der Waals surface area contributed by atoms with E-state index in [4.69, 9.17) is 5.73 Å². The Morgan fingerprint density at radius 3 is 2.23 bits per heavy atom. The van der Waals surface area contributed by atoms with Gasteiger partial charge < -0.3 is 11.1 Å². The van der Waals surface area contributed by atoms with Gasteiger partial charge in [-0.3, -0.25) is 4.79 Å². The fourth-order valence-corrected chi connectivity index (χ4v) is 0.822. The summed E-state index contributed by atoms with van der Waals surface area (Å²) in [6.07, 6.45) is 0. The van der Waals surface area contributed by atoms with Crippen molar-refractivity contribution < 1.29 is 4.79 Å². The molecule has 3 N–H and O–H groups in total. The molecule has 0 aromatic heterocycles. The number of carbonyl (C=O) groups is 1. The lowest BCUT2D eigenvalue weighted by Gasteiger charge is -2.17. The zero-order valence-electron chi connectivity index (χ0n) is 9.13. The van der Waals surface area contributed by atoms with E-state index >= 15 is 0 Å². The van der Waals surface area contributed by atoms with E-state index in [-0.39, 0.29) is 11.8 Å². The van der Waals surface area contributed by atoms with Crippen LogP contribution in [-0.2, 0) is 4.79 Å². The maximum Gasteiger partial charge on any atom is 0.223 e. The maximum atomic E-state index is 11.5. The predicted octanol–water partition coefficient (Wildman–Crippen LogP) is 0.989. The molecule has 0 rings (SSSR count). The fourth-order valence-electron chi connectivity index (χ4n) is 0.822. The molecule has 0 aliphatic heterocycles. The van der Waals surface area contributed by atoms with Gasteiger partial charge in [0.05, 0.1) is 0 Å². The second kappa shape index (κ2) is 5.97. The molecule has 0 aromatic rings. The van der Waals surface area contributed by atoms with E-state index in [2.05, 4.69) is 19.2 Å². The van der Waals surface area contributed by atoms with E-state index in [1.165, 1.54) is 0 Å². The highest BCUT2D eigenvalue weighted by atomic mass is 16.1. The lowest BCUT2D eigenvalue weighted by Crippen LogP contribution is -2.36. The number of hydrogen-bond acceptors (Lipinski definition) is 2. The van der Waals surface area contributed by atoms with Crippen molar-refractivity contribution in [2.24, 2.45) is 23.5 Å².